The van der Waals surface area contributed by atoms with E-state index in [1.54, 1.807) is 12.4 Å². The molecule has 0 radical (unpaired) electrons. The van der Waals surface area contributed by atoms with Crippen molar-refractivity contribution in [3.8, 4) is 5.88 Å². The van der Waals surface area contributed by atoms with E-state index < -0.39 is 0 Å². The highest BCUT2D eigenvalue weighted by molar-refractivity contribution is 5.41. The number of rotatable bonds is 5. The van der Waals surface area contributed by atoms with E-state index in [0.29, 0.717) is 11.8 Å². The molecule has 1 aliphatic heterocycles. The van der Waals surface area contributed by atoms with E-state index in [-0.39, 0.29) is 18.1 Å². The fraction of sp³-hybridized carbons (Fsp3) is 0.684. The van der Waals surface area contributed by atoms with Crippen LogP contribution in [-0.2, 0) is 0 Å². The predicted molar refractivity (Wildman–Crippen MR) is 97.2 cm³/mol. The average Bonchev–Trinajstić information content (AvgIpc) is 3.32. The molecule has 4 rings (SSSR count). The summed E-state index contributed by atoms with van der Waals surface area (Å²) >= 11 is 0. The Labute approximate surface area is 154 Å². The lowest BCUT2D eigenvalue weighted by atomic mass is 9.98. The molecule has 2 aliphatic rings. The van der Waals surface area contributed by atoms with Crippen molar-refractivity contribution < 1.29 is 9.26 Å². The van der Waals surface area contributed by atoms with Gasteiger partial charge < -0.3 is 14.2 Å². The fourth-order valence-electron chi connectivity index (χ4n) is 3.81. The maximum absolute atomic E-state index is 6.08. The second-order valence-corrected chi connectivity index (χ2v) is 7.59. The van der Waals surface area contributed by atoms with E-state index in [9.17, 15) is 0 Å². The van der Waals surface area contributed by atoms with Crippen LogP contribution in [0.25, 0.3) is 0 Å². The van der Waals surface area contributed by atoms with Gasteiger partial charge in [0.15, 0.2) is 11.6 Å². The zero-order chi connectivity index (χ0) is 17.9. The van der Waals surface area contributed by atoms with Crippen molar-refractivity contribution in [2.24, 2.45) is 0 Å². The number of nitrogens with zero attached hydrogens (tertiary/aromatic N) is 5. The maximum atomic E-state index is 6.08. The number of hydrogen-bond acceptors (Lipinski definition) is 7. The quantitative estimate of drug-likeness (QED) is 0.799. The predicted octanol–water partition coefficient (Wildman–Crippen LogP) is 4.04. The van der Waals surface area contributed by atoms with Crippen molar-refractivity contribution in [3.05, 3.63) is 24.1 Å². The Kier molecular flexibility index (Phi) is 5.04. The Hall–Kier alpha value is -2.18. The van der Waals surface area contributed by atoms with E-state index in [4.69, 9.17) is 14.2 Å². The van der Waals surface area contributed by atoms with Crippen LogP contribution in [0.4, 0.5) is 5.82 Å². The minimum atomic E-state index is 0.0884. The molecule has 7 nitrogen and oxygen atoms in total. The van der Waals surface area contributed by atoms with Gasteiger partial charge in [-0.2, -0.15) is 9.97 Å². The maximum Gasteiger partial charge on any atom is 0.234 e. The van der Waals surface area contributed by atoms with E-state index in [2.05, 4.69) is 33.9 Å². The summed E-state index contributed by atoms with van der Waals surface area (Å²) in [7, 11) is 0. The topological polar surface area (TPSA) is 77.2 Å². The molecule has 3 heterocycles. The number of anilines is 1. The van der Waals surface area contributed by atoms with E-state index in [1.807, 2.05) is 0 Å². The number of ether oxygens (including phenoxy) is 1. The van der Waals surface area contributed by atoms with Crippen molar-refractivity contribution in [2.45, 2.75) is 76.9 Å². The zero-order valence-corrected chi connectivity index (χ0v) is 15.6. The molecule has 0 amide bonds. The van der Waals surface area contributed by atoms with Crippen LogP contribution < -0.4 is 9.64 Å². The summed E-state index contributed by atoms with van der Waals surface area (Å²) in [5.41, 5.74) is 0. The highest BCUT2D eigenvalue weighted by atomic mass is 16.5. The summed E-state index contributed by atoms with van der Waals surface area (Å²) in [4.78, 5) is 15.9. The molecule has 1 aliphatic carbocycles. The molecular formula is C19H27N5O2. The summed E-state index contributed by atoms with van der Waals surface area (Å²) in [6, 6.07) is 0.0884. The lowest BCUT2D eigenvalue weighted by molar-refractivity contribution is 0.148. The van der Waals surface area contributed by atoms with Gasteiger partial charge in [0.2, 0.25) is 11.8 Å². The first-order valence-corrected chi connectivity index (χ1v) is 9.79. The van der Waals surface area contributed by atoms with E-state index in [0.717, 1.165) is 43.9 Å². The zero-order valence-electron chi connectivity index (χ0n) is 15.6. The Morgan fingerprint density at radius 2 is 1.92 bits per heavy atom. The summed E-state index contributed by atoms with van der Waals surface area (Å²) in [6.45, 7) is 5.03. The molecule has 1 saturated carbocycles. The van der Waals surface area contributed by atoms with Gasteiger partial charge >= 0.3 is 0 Å². The van der Waals surface area contributed by atoms with Gasteiger partial charge in [0, 0.05) is 12.5 Å². The standard InChI is InChI=1S/C19H27N5O2/c1-13(2)19-22-18(23-26-19)15-9-6-10-24(15)16-11-20-12-17(21-16)25-14-7-4-3-5-8-14/h11-15H,3-10H2,1-2H3. The van der Waals surface area contributed by atoms with Crippen molar-refractivity contribution in [1.82, 2.24) is 20.1 Å². The summed E-state index contributed by atoms with van der Waals surface area (Å²) < 4.78 is 11.5. The highest BCUT2D eigenvalue weighted by Crippen LogP contribution is 2.34. The minimum absolute atomic E-state index is 0.0884. The van der Waals surface area contributed by atoms with Gasteiger partial charge in [-0.15, -0.1) is 0 Å². The monoisotopic (exact) mass is 357 g/mol. The largest absolute Gasteiger partial charge is 0.473 e. The first-order valence-electron chi connectivity index (χ1n) is 9.79. The molecule has 1 unspecified atom stereocenters. The third kappa shape index (κ3) is 3.66. The Morgan fingerprint density at radius 3 is 2.69 bits per heavy atom. The first kappa shape index (κ1) is 17.2. The average molecular weight is 357 g/mol. The Balaban J connectivity index is 1.50. The van der Waals surface area contributed by atoms with Crippen LogP contribution in [0.3, 0.4) is 0 Å². The summed E-state index contributed by atoms with van der Waals surface area (Å²) in [5.74, 6) is 3.12. The fourth-order valence-corrected chi connectivity index (χ4v) is 3.81. The second kappa shape index (κ2) is 7.60. The van der Waals surface area contributed by atoms with Gasteiger partial charge in [0.05, 0.1) is 18.4 Å². The first-order chi connectivity index (χ1) is 12.7. The molecule has 0 bridgehead atoms. The van der Waals surface area contributed by atoms with Crippen molar-refractivity contribution in [2.75, 3.05) is 11.4 Å². The van der Waals surface area contributed by atoms with Crippen molar-refractivity contribution >= 4 is 5.82 Å². The minimum Gasteiger partial charge on any atom is -0.473 e. The van der Waals surface area contributed by atoms with Gasteiger partial charge in [0.25, 0.3) is 0 Å². The molecule has 0 N–H and O–H groups in total. The van der Waals surface area contributed by atoms with Crippen LogP contribution in [0.15, 0.2) is 16.9 Å². The van der Waals surface area contributed by atoms with E-state index in [1.165, 1.54) is 19.3 Å². The Morgan fingerprint density at radius 1 is 1.08 bits per heavy atom. The summed E-state index contributed by atoms with van der Waals surface area (Å²) in [5, 5.41) is 4.20. The lowest BCUT2D eigenvalue weighted by Gasteiger charge is -2.25. The van der Waals surface area contributed by atoms with Gasteiger partial charge in [-0.25, -0.2) is 0 Å². The van der Waals surface area contributed by atoms with Gasteiger partial charge in [-0.05, 0) is 38.5 Å². The molecule has 7 heteroatoms. The van der Waals surface area contributed by atoms with Crippen LogP contribution >= 0.6 is 0 Å². The molecular weight excluding hydrogens is 330 g/mol. The van der Waals surface area contributed by atoms with Crippen LogP contribution in [0.1, 0.15) is 82.5 Å². The lowest BCUT2D eigenvalue weighted by Crippen LogP contribution is -2.25. The third-order valence-corrected chi connectivity index (χ3v) is 5.24. The van der Waals surface area contributed by atoms with Crippen LogP contribution in [0.5, 0.6) is 5.88 Å². The number of hydrogen-bond donors (Lipinski definition) is 0. The third-order valence-electron chi connectivity index (χ3n) is 5.24. The summed E-state index contributed by atoms with van der Waals surface area (Å²) in [6.07, 6.45) is 11.9. The van der Waals surface area contributed by atoms with Gasteiger partial charge in [-0.3, -0.25) is 4.98 Å². The van der Waals surface area contributed by atoms with Crippen LogP contribution in [0.2, 0.25) is 0 Å². The van der Waals surface area contributed by atoms with Crippen LogP contribution in [0, 0.1) is 0 Å². The SMILES string of the molecule is CC(C)c1nc(C2CCCN2c2cncc(OC3CCCCC3)n2)no1. The normalized spacial score (nSPS) is 21.5. The number of aromatic nitrogens is 4. The van der Waals surface area contributed by atoms with Crippen molar-refractivity contribution in [3.63, 3.8) is 0 Å². The smallest absolute Gasteiger partial charge is 0.234 e. The molecule has 2 aromatic rings. The molecule has 2 fully saturated rings. The molecule has 0 aromatic carbocycles. The molecule has 1 saturated heterocycles. The second-order valence-electron chi connectivity index (χ2n) is 7.59. The molecule has 2 aromatic heterocycles. The van der Waals surface area contributed by atoms with Gasteiger partial charge in [0.1, 0.15) is 6.10 Å². The Bertz CT molecular complexity index is 726. The van der Waals surface area contributed by atoms with Crippen LogP contribution in [-0.4, -0.2) is 32.8 Å². The van der Waals surface area contributed by atoms with E-state index >= 15 is 0 Å². The molecule has 0 spiro atoms. The molecule has 140 valence electrons. The van der Waals surface area contributed by atoms with Crippen molar-refractivity contribution in [1.29, 1.82) is 0 Å². The highest BCUT2D eigenvalue weighted by Gasteiger charge is 2.32. The molecule has 1 atom stereocenters. The molecule has 26 heavy (non-hydrogen) atoms. The van der Waals surface area contributed by atoms with Gasteiger partial charge in [-0.1, -0.05) is 25.4 Å².